The summed E-state index contributed by atoms with van der Waals surface area (Å²) in [6.45, 7) is 0.660. The summed E-state index contributed by atoms with van der Waals surface area (Å²) in [7, 11) is 1.60. The number of carbonyl (C=O) groups is 2. The maximum absolute atomic E-state index is 12.3. The normalized spacial score (nSPS) is 18.1. The second kappa shape index (κ2) is 6.41. The van der Waals surface area contributed by atoms with Crippen LogP contribution in [0.2, 0.25) is 0 Å². The maximum atomic E-state index is 12.3. The van der Waals surface area contributed by atoms with Crippen LogP contribution in [0.3, 0.4) is 0 Å². The van der Waals surface area contributed by atoms with Gasteiger partial charge in [0, 0.05) is 12.6 Å². The van der Waals surface area contributed by atoms with Gasteiger partial charge in [0.2, 0.25) is 5.91 Å². The van der Waals surface area contributed by atoms with E-state index in [-0.39, 0.29) is 18.4 Å². The first-order chi connectivity index (χ1) is 9.60. The number of rotatable bonds is 5. The molecule has 5 nitrogen and oxygen atoms in total. The van der Waals surface area contributed by atoms with Crippen LogP contribution >= 0.6 is 0 Å². The van der Waals surface area contributed by atoms with E-state index in [0.29, 0.717) is 13.0 Å². The first-order valence-electron chi connectivity index (χ1n) is 6.74. The van der Waals surface area contributed by atoms with Gasteiger partial charge < -0.3 is 14.7 Å². The molecular weight excluding hydrogens is 258 g/mol. The standard InChI is InChI=1S/C15H19NO4/c1-20-13-6-4-11(5-7-13)9-14(17)16-8-2-3-12(16)10-15(18)19/h4-7,12H,2-3,8-10H2,1H3,(H,18,19). The lowest BCUT2D eigenvalue weighted by atomic mass is 10.1. The highest BCUT2D eigenvalue weighted by molar-refractivity contribution is 5.80. The molecule has 108 valence electrons. The first-order valence-corrected chi connectivity index (χ1v) is 6.74. The van der Waals surface area contributed by atoms with Crippen LogP contribution in [0.15, 0.2) is 24.3 Å². The van der Waals surface area contributed by atoms with Crippen LogP contribution in [0.4, 0.5) is 0 Å². The third-order valence-electron chi connectivity index (χ3n) is 3.62. The van der Waals surface area contributed by atoms with Crippen LogP contribution in [-0.4, -0.2) is 41.6 Å². The van der Waals surface area contributed by atoms with E-state index in [2.05, 4.69) is 0 Å². The summed E-state index contributed by atoms with van der Waals surface area (Å²) in [6.07, 6.45) is 2.00. The van der Waals surface area contributed by atoms with Crippen molar-refractivity contribution in [2.24, 2.45) is 0 Å². The summed E-state index contributed by atoms with van der Waals surface area (Å²) in [5, 5.41) is 8.87. The number of carboxylic acids is 1. The van der Waals surface area contributed by atoms with E-state index in [0.717, 1.165) is 24.2 Å². The van der Waals surface area contributed by atoms with Gasteiger partial charge in [-0.3, -0.25) is 9.59 Å². The number of ether oxygens (including phenoxy) is 1. The number of nitrogens with zero attached hydrogens (tertiary/aromatic N) is 1. The van der Waals surface area contributed by atoms with Crippen molar-refractivity contribution in [3.8, 4) is 5.75 Å². The van der Waals surface area contributed by atoms with Crippen LogP contribution in [0.25, 0.3) is 0 Å². The van der Waals surface area contributed by atoms with Gasteiger partial charge in [0.1, 0.15) is 5.75 Å². The molecular formula is C15H19NO4. The maximum Gasteiger partial charge on any atom is 0.305 e. The molecule has 1 fully saturated rings. The van der Waals surface area contributed by atoms with Crippen molar-refractivity contribution in [1.29, 1.82) is 0 Å². The smallest absolute Gasteiger partial charge is 0.305 e. The topological polar surface area (TPSA) is 66.8 Å². The van der Waals surface area contributed by atoms with Crippen molar-refractivity contribution < 1.29 is 19.4 Å². The minimum absolute atomic E-state index is 0.00100. The fourth-order valence-corrected chi connectivity index (χ4v) is 2.60. The molecule has 1 aliphatic heterocycles. The van der Waals surface area contributed by atoms with E-state index in [1.165, 1.54) is 0 Å². The van der Waals surface area contributed by atoms with Gasteiger partial charge in [-0.05, 0) is 30.5 Å². The van der Waals surface area contributed by atoms with Crippen LogP contribution in [0.5, 0.6) is 5.75 Å². The molecule has 0 aliphatic carbocycles. The fourth-order valence-electron chi connectivity index (χ4n) is 2.60. The molecule has 1 amide bonds. The molecule has 1 N–H and O–H groups in total. The van der Waals surface area contributed by atoms with Crippen LogP contribution in [0.1, 0.15) is 24.8 Å². The molecule has 1 heterocycles. The molecule has 0 radical (unpaired) electrons. The summed E-state index contributed by atoms with van der Waals surface area (Å²) < 4.78 is 5.07. The predicted molar refractivity (Wildman–Crippen MR) is 73.7 cm³/mol. The summed E-state index contributed by atoms with van der Waals surface area (Å²) in [5.74, 6) is -0.0933. The highest BCUT2D eigenvalue weighted by Crippen LogP contribution is 2.21. The Kier molecular flexibility index (Phi) is 4.61. The average molecular weight is 277 g/mol. The SMILES string of the molecule is COc1ccc(CC(=O)N2CCCC2CC(=O)O)cc1. The number of carbonyl (C=O) groups excluding carboxylic acids is 1. The first kappa shape index (κ1) is 14.4. The minimum atomic E-state index is -0.848. The number of benzene rings is 1. The molecule has 1 aliphatic rings. The van der Waals surface area contributed by atoms with Crippen molar-refractivity contribution >= 4 is 11.9 Å². The van der Waals surface area contributed by atoms with E-state index in [9.17, 15) is 9.59 Å². The molecule has 0 spiro atoms. The molecule has 2 rings (SSSR count). The van der Waals surface area contributed by atoms with Gasteiger partial charge in [0.25, 0.3) is 0 Å². The number of hydrogen-bond acceptors (Lipinski definition) is 3. The zero-order valence-corrected chi connectivity index (χ0v) is 11.5. The zero-order valence-electron chi connectivity index (χ0n) is 11.5. The Balaban J connectivity index is 1.97. The van der Waals surface area contributed by atoms with Gasteiger partial charge in [0.15, 0.2) is 0 Å². The van der Waals surface area contributed by atoms with Crippen molar-refractivity contribution in [3.05, 3.63) is 29.8 Å². The van der Waals surface area contributed by atoms with Crippen molar-refractivity contribution in [2.75, 3.05) is 13.7 Å². The molecule has 5 heteroatoms. The van der Waals surface area contributed by atoms with Gasteiger partial charge in [-0.1, -0.05) is 12.1 Å². The van der Waals surface area contributed by atoms with Crippen molar-refractivity contribution in [1.82, 2.24) is 4.90 Å². The summed E-state index contributed by atoms with van der Waals surface area (Å²) in [5.41, 5.74) is 0.914. The van der Waals surface area contributed by atoms with Crippen molar-refractivity contribution in [3.63, 3.8) is 0 Å². The molecule has 1 saturated heterocycles. The molecule has 1 unspecified atom stereocenters. The fraction of sp³-hybridized carbons (Fsp3) is 0.467. The highest BCUT2D eigenvalue weighted by atomic mass is 16.5. The molecule has 0 bridgehead atoms. The monoisotopic (exact) mass is 277 g/mol. The molecule has 0 saturated carbocycles. The van der Waals surface area contributed by atoms with Crippen LogP contribution in [0, 0.1) is 0 Å². The van der Waals surface area contributed by atoms with E-state index in [1.54, 1.807) is 12.0 Å². The molecule has 1 aromatic carbocycles. The zero-order chi connectivity index (χ0) is 14.5. The van der Waals surface area contributed by atoms with Gasteiger partial charge in [-0.15, -0.1) is 0 Å². The predicted octanol–water partition coefficient (Wildman–Crippen LogP) is 1.70. The Morgan fingerprint density at radius 3 is 2.65 bits per heavy atom. The molecule has 20 heavy (non-hydrogen) atoms. The molecule has 0 aromatic heterocycles. The van der Waals surface area contributed by atoms with Gasteiger partial charge in [-0.25, -0.2) is 0 Å². The summed E-state index contributed by atoms with van der Waals surface area (Å²) >= 11 is 0. The van der Waals surface area contributed by atoms with Crippen LogP contribution in [-0.2, 0) is 16.0 Å². The number of methoxy groups -OCH3 is 1. The molecule has 1 aromatic rings. The lowest BCUT2D eigenvalue weighted by molar-refractivity contribution is -0.139. The number of aliphatic carboxylic acids is 1. The van der Waals surface area contributed by atoms with Crippen molar-refractivity contribution in [2.45, 2.75) is 31.7 Å². The van der Waals surface area contributed by atoms with Gasteiger partial charge in [-0.2, -0.15) is 0 Å². The minimum Gasteiger partial charge on any atom is -0.497 e. The number of likely N-dealkylation sites (tertiary alicyclic amines) is 1. The highest BCUT2D eigenvalue weighted by Gasteiger charge is 2.30. The molecule has 1 atom stereocenters. The quantitative estimate of drug-likeness (QED) is 0.889. The Morgan fingerprint density at radius 2 is 2.05 bits per heavy atom. The third kappa shape index (κ3) is 3.50. The van der Waals surface area contributed by atoms with Crippen LogP contribution < -0.4 is 4.74 Å². The van der Waals surface area contributed by atoms with Gasteiger partial charge >= 0.3 is 5.97 Å². The Labute approximate surface area is 118 Å². The lowest BCUT2D eigenvalue weighted by Gasteiger charge is -2.23. The van der Waals surface area contributed by atoms with E-state index < -0.39 is 5.97 Å². The summed E-state index contributed by atoms with van der Waals surface area (Å²) in [6, 6.07) is 7.21. The second-order valence-electron chi connectivity index (χ2n) is 5.01. The van der Waals surface area contributed by atoms with Gasteiger partial charge in [0.05, 0.1) is 20.0 Å². The van der Waals surface area contributed by atoms with E-state index in [1.807, 2.05) is 24.3 Å². The Bertz CT molecular complexity index is 483. The second-order valence-corrected chi connectivity index (χ2v) is 5.01. The number of hydrogen-bond donors (Lipinski definition) is 1. The number of amides is 1. The lowest BCUT2D eigenvalue weighted by Crippen LogP contribution is -2.37. The third-order valence-corrected chi connectivity index (χ3v) is 3.62. The summed E-state index contributed by atoms with van der Waals surface area (Å²) in [4.78, 5) is 24.8. The van der Waals surface area contributed by atoms with E-state index >= 15 is 0 Å². The Morgan fingerprint density at radius 1 is 1.35 bits per heavy atom. The van der Waals surface area contributed by atoms with E-state index in [4.69, 9.17) is 9.84 Å². The average Bonchev–Trinajstić information content (AvgIpc) is 2.87. The largest absolute Gasteiger partial charge is 0.497 e. The number of carboxylic acid groups (broad SMARTS) is 1. The Hall–Kier alpha value is -2.04.